The molecule has 0 fully saturated rings. The van der Waals surface area contributed by atoms with Crippen molar-refractivity contribution in [3.05, 3.63) is 59.7 Å². The predicted molar refractivity (Wildman–Crippen MR) is 139 cm³/mol. The maximum atomic E-state index is 11.2. The summed E-state index contributed by atoms with van der Waals surface area (Å²) in [5.41, 5.74) is 12.4. The first-order valence-electron chi connectivity index (χ1n) is 11.0. The monoisotopic (exact) mass is 506 g/mol. The Bertz CT molecular complexity index is 904. The SMILES string of the molecule is CCCC(=O)Nc1ccc(C=O)cc1.COc1ccc(CC(=O)O)cc1.N.NCCC[C@H](N)C(=O)O. The van der Waals surface area contributed by atoms with Crippen molar-refractivity contribution in [3.63, 3.8) is 0 Å². The van der Waals surface area contributed by atoms with Crippen LogP contribution in [-0.2, 0) is 20.8 Å². The molecule has 0 saturated carbocycles. The van der Waals surface area contributed by atoms with Crippen LogP contribution in [0.5, 0.6) is 5.75 Å². The van der Waals surface area contributed by atoms with Gasteiger partial charge in [-0.25, -0.2) is 0 Å². The molecule has 11 nitrogen and oxygen atoms in total. The number of benzene rings is 2. The van der Waals surface area contributed by atoms with Gasteiger partial charge in [-0.3, -0.25) is 19.2 Å². The minimum absolute atomic E-state index is 0. The largest absolute Gasteiger partial charge is 0.497 e. The van der Waals surface area contributed by atoms with Crippen molar-refractivity contribution in [1.82, 2.24) is 6.15 Å². The Balaban J connectivity index is 0. The first-order valence-corrected chi connectivity index (χ1v) is 11.0. The van der Waals surface area contributed by atoms with E-state index < -0.39 is 18.0 Å². The molecule has 36 heavy (non-hydrogen) atoms. The van der Waals surface area contributed by atoms with Gasteiger partial charge in [0.25, 0.3) is 0 Å². The summed E-state index contributed by atoms with van der Waals surface area (Å²) in [5, 5.41) is 19.4. The molecule has 0 unspecified atom stereocenters. The zero-order valence-corrected chi connectivity index (χ0v) is 20.8. The smallest absolute Gasteiger partial charge is 0.320 e. The molecule has 1 amide bonds. The van der Waals surface area contributed by atoms with Gasteiger partial charge in [-0.2, -0.15) is 0 Å². The maximum Gasteiger partial charge on any atom is 0.320 e. The average Bonchev–Trinajstić information content (AvgIpc) is 2.84. The molecule has 0 aliphatic heterocycles. The molecule has 2 aromatic rings. The van der Waals surface area contributed by atoms with E-state index in [0.717, 1.165) is 29.7 Å². The van der Waals surface area contributed by atoms with Crippen molar-refractivity contribution >= 4 is 29.8 Å². The lowest BCUT2D eigenvalue weighted by molar-refractivity contribution is -0.139. The third kappa shape index (κ3) is 16.8. The molecule has 0 aliphatic rings. The van der Waals surface area contributed by atoms with Gasteiger partial charge < -0.3 is 37.9 Å². The number of carbonyl (C=O) groups is 4. The van der Waals surface area contributed by atoms with Crippen LogP contribution in [0.4, 0.5) is 5.69 Å². The van der Waals surface area contributed by atoms with Crippen LogP contribution in [0.15, 0.2) is 48.5 Å². The summed E-state index contributed by atoms with van der Waals surface area (Å²) in [6, 6.07) is 13.0. The first kappa shape index (κ1) is 34.4. The number of hydrogen-bond acceptors (Lipinski definition) is 8. The highest BCUT2D eigenvalue weighted by Crippen LogP contribution is 2.11. The second kappa shape index (κ2) is 20.6. The summed E-state index contributed by atoms with van der Waals surface area (Å²) in [7, 11) is 1.58. The molecule has 10 N–H and O–H groups in total. The number of methoxy groups -OCH3 is 1. The molecule has 0 spiro atoms. The molecule has 11 heteroatoms. The minimum atomic E-state index is -0.955. The fourth-order valence-electron chi connectivity index (χ4n) is 2.47. The molecule has 0 aromatic heterocycles. The summed E-state index contributed by atoms with van der Waals surface area (Å²) in [6.07, 6.45) is 3.33. The Morgan fingerprint density at radius 2 is 1.64 bits per heavy atom. The molecule has 0 aliphatic carbocycles. The Morgan fingerprint density at radius 1 is 1.06 bits per heavy atom. The number of nitrogens with one attached hydrogen (secondary N) is 1. The van der Waals surface area contributed by atoms with E-state index in [4.69, 9.17) is 26.4 Å². The van der Waals surface area contributed by atoms with E-state index in [1.165, 1.54) is 0 Å². The van der Waals surface area contributed by atoms with E-state index in [2.05, 4.69) is 5.32 Å². The van der Waals surface area contributed by atoms with Gasteiger partial charge in [0.1, 0.15) is 18.1 Å². The molecule has 1 atom stereocenters. The Labute approximate surface area is 211 Å². The summed E-state index contributed by atoms with van der Waals surface area (Å²) in [6.45, 7) is 2.45. The van der Waals surface area contributed by atoms with E-state index in [0.29, 0.717) is 31.4 Å². The zero-order chi connectivity index (χ0) is 26.6. The van der Waals surface area contributed by atoms with Crippen molar-refractivity contribution in [1.29, 1.82) is 0 Å². The maximum absolute atomic E-state index is 11.2. The molecule has 2 rings (SSSR count). The highest BCUT2D eigenvalue weighted by molar-refractivity contribution is 5.91. The first-order chi connectivity index (χ1) is 16.7. The van der Waals surface area contributed by atoms with Crippen molar-refractivity contribution in [3.8, 4) is 5.75 Å². The van der Waals surface area contributed by atoms with Crippen LogP contribution in [0, 0.1) is 0 Å². The number of aldehydes is 1. The van der Waals surface area contributed by atoms with Crippen molar-refractivity contribution in [2.75, 3.05) is 19.0 Å². The number of carboxylic acids is 2. The van der Waals surface area contributed by atoms with Crippen molar-refractivity contribution in [2.45, 2.75) is 45.1 Å². The van der Waals surface area contributed by atoms with Gasteiger partial charge in [-0.05, 0) is 67.8 Å². The molecule has 0 saturated heterocycles. The highest BCUT2D eigenvalue weighted by Gasteiger charge is 2.08. The van der Waals surface area contributed by atoms with Gasteiger partial charge in [0.05, 0.1) is 13.5 Å². The van der Waals surface area contributed by atoms with Crippen LogP contribution < -0.4 is 27.7 Å². The second-order valence-corrected chi connectivity index (χ2v) is 7.33. The quantitative estimate of drug-likeness (QED) is 0.245. The van der Waals surface area contributed by atoms with Gasteiger partial charge in [-0.15, -0.1) is 0 Å². The van der Waals surface area contributed by atoms with Crippen LogP contribution >= 0.6 is 0 Å². The standard InChI is InChI=1S/C11H13NO2.C9H10O3.C5H12N2O2.H3N/c1-2-3-11(14)12-10-6-4-9(8-13)5-7-10;1-12-8-4-2-7(3-5-8)6-9(10)11;6-3-1-2-4(7)5(8)9;/h4-8H,2-3H2,1H3,(H,12,14);2-5H,6H2,1H3,(H,10,11);4H,1-3,6-7H2,(H,8,9);1H3/t;;4-;/m..0./s1. The van der Waals surface area contributed by atoms with Gasteiger partial charge in [0, 0.05) is 17.7 Å². The second-order valence-electron chi connectivity index (χ2n) is 7.33. The van der Waals surface area contributed by atoms with E-state index in [-0.39, 0.29) is 18.5 Å². The van der Waals surface area contributed by atoms with Crippen LogP contribution in [0.2, 0.25) is 0 Å². The number of ether oxygens (including phenoxy) is 1. The number of rotatable bonds is 11. The average molecular weight is 507 g/mol. The normalized spacial score (nSPS) is 10.1. The third-order valence-corrected chi connectivity index (χ3v) is 4.36. The minimum Gasteiger partial charge on any atom is -0.497 e. The van der Waals surface area contributed by atoms with Crippen LogP contribution in [0.1, 0.15) is 48.5 Å². The molecule has 0 radical (unpaired) electrons. The highest BCUT2D eigenvalue weighted by atomic mass is 16.5. The molecule has 200 valence electrons. The van der Waals surface area contributed by atoms with Crippen molar-refractivity contribution in [2.24, 2.45) is 11.5 Å². The third-order valence-electron chi connectivity index (χ3n) is 4.36. The van der Waals surface area contributed by atoms with Crippen LogP contribution in [0.3, 0.4) is 0 Å². The lowest BCUT2D eigenvalue weighted by atomic mass is 10.1. The Morgan fingerprint density at radius 3 is 2.06 bits per heavy atom. The Hall–Kier alpha value is -3.80. The van der Waals surface area contributed by atoms with Crippen molar-refractivity contribution < 1.29 is 34.1 Å². The van der Waals surface area contributed by atoms with E-state index in [1.54, 1.807) is 55.6 Å². The molecule has 0 heterocycles. The van der Waals surface area contributed by atoms with E-state index in [9.17, 15) is 19.2 Å². The topological polar surface area (TPSA) is 217 Å². The number of aliphatic carboxylic acids is 2. The summed E-state index contributed by atoms with van der Waals surface area (Å²) in [5.74, 6) is -1.03. The number of amides is 1. The number of carbonyl (C=O) groups excluding carboxylic acids is 2. The fourth-order valence-corrected chi connectivity index (χ4v) is 2.47. The number of nitrogens with two attached hydrogens (primary N) is 2. The Kier molecular flexibility index (Phi) is 19.6. The number of anilines is 1. The molecule has 2 aromatic carbocycles. The summed E-state index contributed by atoms with van der Waals surface area (Å²) in [4.78, 5) is 41.9. The van der Waals surface area contributed by atoms with Crippen LogP contribution in [-0.4, -0.2) is 54.0 Å². The van der Waals surface area contributed by atoms with E-state index >= 15 is 0 Å². The molecule has 0 bridgehead atoms. The van der Waals surface area contributed by atoms with Crippen LogP contribution in [0.25, 0.3) is 0 Å². The molecular formula is C25H38N4O7. The number of carboxylic acid groups (broad SMARTS) is 2. The number of hydrogen-bond donors (Lipinski definition) is 6. The summed E-state index contributed by atoms with van der Waals surface area (Å²) < 4.78 is 4.93. The zero-order valence-electron chi connectivity index (χ0n) is 20.8. The van der Waals surface area contributed by atoms with Gasteiger partial charge in [0.2, 0.25) is 5.91 Å². The van der Waals surface area contributed by atoms with E-state index in [1.807, 2.05) is 6.92 Å². The van der Waals surface area contributed by atoms with Gasteiger partial charge >= 0.3 is 11.9 Å². The lowest BCUT2D eigenvalue weighted by Crippen LogP contribution is -2.30. The lowest BCUT2D eigenvalue weighted by Gasteiger charge is -2.03. The van der Waals surface area contributed by atoms with Gasteiger partial charge in [-0.1, -0.05) is 19.1 Å². The fraction of sp³-hybridized carbons (Fsp3) is 0.360. The summed E-state index contributed by atoms with van der Waals surface area (Å²) >= 11 is 0. The molecular weight excluding hydrogens is 468 g/mol. The van der Waals surface area contributed by atoms with Gasteiger partial charge in [0.15, 0.2) is 0 Å². The predicted octanol–water partition coefficient (Wildman–Crippen LogP) is 2.86.